The Balaban J connectivity index is 0.000000204. The van der Waals surface area contributed by atoms with E-state index in [0.717, 1.165) is 50.1 Å². The van der Waals surface area contributed by atoms with Crippen LogP contribution < -0.4 is 0 Å². The Kier molecular flexibility index (Phi) is 8.76. The first-order valence-electron chi connectivity index (χ1n) is 16.0. The number of hydrogen-bond donors (Lipinski definition) is 0. The van der Waals surface area contributed by atoms with Crippen LogP contribution in [0, 0.1) is 39.8 Å². The molecule has 0 spiro atoms. The zero-order chi connectivity index (χ0) is 32.4. The predicted octanol–water partition coefficient (Wildman–Crippen LogP) is 11.2. The number of hydrogen-bond acceptors (Lipinski definition) is 5. The van der Waals surface area contributed by atoms with Crippen molar-refractivity contribution in [3.63, 3.8) is 0 Å². The van der Waals surface area contributed by atoms with Gasteiger partial charge in [0.2, 0.25) is 5.71 Å². The van der Waals surface area contributed by atoms with Crippen LogP contribution >= 0.6 is 11.3 Å². The molecule has 0 atom stereocenters. The van der Waals surface area contributed by atoms with Crippen molar-refractivity contribution in [2.24, 2.45) is 0 Å². The first-order chi connectivity index (χ1) is 21.9. The smallest absolute Gasteiger partial charge is 0.216 e. The van der Waals surface area contributed by atoms with Gasteiger partial charge in [0.05, 0.1) is 15.8 Å². The quantitative estimate of drug-likeness (QED) is 0.163. The van der Waals surface area contributed by atoms with Crippen LogP contribution in [0.2, 0.25) is 0 Å². The Bertz CT molecular complexity index is 2260. The van der Waals surface area contributed by atoms with E-state index < -0.39 is 0 Å². The summed E-state index contributed by atoms with van der Waals surface area (Å²) in [6.45, 7) is 17.7. The Morgan fingerprint density at radius 3 is 2.32 bits per heavy atom. The molecule has 1 aliphatic carbocycles. The second kappa shape index (κ2) is 12.4. The second-order valence-corrected chi connectivity index (χ2v) is 15.1. The van der Waals surface area contributed by atoms with Gasteiger partial charge in [0.25, 0.3) is 0 Å². The van der Waals surface area contributed by atoms with Gasteiger partial charge in [-0.3, -0.25) is 4.98 Å². The van der Waals surface area contributed by atoms with Crippen molar-refractivity contribution in [3.05, 3.63) is 112 Å². The molecule has 0 fully saturated rings. The minimum Gasteiger partial charge on any atom is -0.486 e. The van der Waals surface area contributed by atoms with Gasteiger partial charge >= 0.3 is 0 Å². The Morgan fingerprint density at radius 2 is 1.57 bits per heavy atom. The van der Waals surface area contributed by atoms with Crippen LogP contribution in [0.3, 0.4) is 0 Å². The Morgan fingerprint density at radius 1 is 0.787 bits per heavy atom. The van der Waals surface area contributed by atoms with Crippen molar-refractivity contribution in [1.29, 1.82) is 0 Å². The maximum atomic E-state index is 6.22. The first-order valence-corrected chi connectivity index (χ1v) is 16.8. The molecule has 7 aromatic rings. The topological polar surface area (TPSA) is 51.8 Å². The van der Waals surface area contributed by atoms with Crippen LogP contribution in [-0.4, -0.2) is 15.0 Å². The molecule has 2 aromatic carbocycles. The zero-order valence-electron chi connectivity index (χ0n) is 28.3. The molecule has 6 heteroatoms. The third-order valence-corrected chi connectivity index (χ3v) is 11.0. The van der Waals surface area contributed by atoms with Crippen LogP contribution in [0.15, 0.2) is 71.3 Å². The third kappa shape index (κ3) is 6.08. The summed E-state index contributed by atoms with van der Waals surface area (Å²) in [5.74, 6) is 0. The number of aromatic nitrogens is 3. The fraction of sp³-hybridized carbons (Fsp3) is 0.293. The summed E-state index contributed by atoms with van der Waals surface area (Å²) in [4.78, 5) is 15.7. The molecule has 8 rings (SSSR count). The number of aryl methyl sites for hydroxylation is 4. The van der Waals surface area contributed by atoms with E-state index in [2.05, 4.69) is 113 Å². The molecule has 4 nitrogen and oxygen atoms in total. The summed E-state index contributed by atoms with van der Waals surface area (Å²) in [7, 11) is 0. The number of nitrogens with zero attached hydrogens (tertiary/aromatic N) is 3. The molecule has 47 heavy (non-hydrogen) atoms. The average Bonchev–Trinajstić information content (AvgIpc) is 3.61. The number of pyridine rings is 3. The van der Waals surface area contributed by atoms with Gasteiger partial charge in [0.1, 0.15) is 0 Å². The van der Waals surface area contributed by atoms with Crippen LogP contribution in [0.5, 0.6) is 0 Å². The predicted molar refractivity (Wildman–Crippen MR) is 192 cm³/mol. The van der Waals surface area contributed by atoms with Gasteiger partial charge in [-0.25, -0.2) is 4.98 Å². The standard InChI is InChI=1S/C27H25N2OS.C14H14N.Ir/c1-15-9-10-17-16-7-6-8-18(23(16)30-25(17)28-15)19-11-12-20-22(29-19)21-24(31-20)27(4,5)14-13-26(21,2)3;1-10-4-6-13(7-5-10)14-8-11(2)12(3)9-15-14;/h6-7,9-12H,13-14H2,1-5H3;4-6,8-9H,1-3H3;/q2*-1;. The van der Waals surface area contributed by atoms with Crippen molar-refractivity contribution >= 4 is 43.6 Å². The molecule has 5 aromatic heterocycles. The van der Waals surface area contributed by atoms with Gasteiger partial charge in [-0.1, -0.05) is 63.3 Å². The third-order valence-electron chi connectivity index (χ3n) is 9.51. The number of fused-ring (bicyclic) bond motifs is 6. The number of benzene rings is 2. The summed E-state index contributed by atoms with van der Waals surface area (Å²) in [5, 5.41) is 2.10. The fourth-order valence-corrected chi connectivity index (χ4v) is 7.88. The van der Waals surface area contributed by atoms with E-state index in [4.69, 9.17) is 9.40 Å². The molecule has 0 saturated carbocycles. The van der Waals surface area contributed by atoms with E-state index in [1.54, 1.807) is 0 Å². The summed E-state index contributed by atoms with van der Waals surface area (Å²) < 4.78 is 7.49. The molecular weight excluding hydrogens is 775 g/mol. The molecule has 5 heterocycles. The van der Waals surface area contributed by atoms with E-state index >= 15 is 0 Å². The van der Waals surface area contributed by atoms with Gasteiger partial charge in [-0.15, -0.1) is 64.9 Å². The number of thiophene rings is 1. The van der Waals surface area contributed by atoms with Crippen molar-refractivity contribution in [2.75, 3.05) is 0 Å². The molecule has 0 bridgehead atoms. The van der Waals surface area contributed by atoms with Crippen molar-refractivity contribution in [2.45, 2.75) is 79.1 Å². The van der Waals surface area contributed by atoms with Gasteiger partial charge in [0, 0.05) is 42.3 Å². The fourth-order valence-electron chi connectivity index (χ4n) is 6.42. The molecule has 0 unspecified atom stereocenters. The Hall–Kier alpha value is -3.70. The number of rotatable bonds is 2. The van der Waals surface area contributed by atoms with Crippen molar-refractivity contribution in [3.8, 4) is 22.5 Å². The van der Waals surface area contributed by atoms with E-state index in [0.29, 0.717) is 5.71 Å². The van der Waals surface area contributed by atoms with Gasteiger partial charge in [0.15, 0.2) is 0 Å². The summed E-state index contributed by atoms with van der Waals surface area (Å²) >= 11 is 1.92. The number of furan rings is 1. The van der Waals surface area contributed by atoms with Crippen LogP contribution in [0.4, 0.5) is 0 Å². The maximum absolute atomic E-state index is 6.22. The van der Waals surface area contributed by atoms with Crippen LogP contribution in [0.25, 0.3) is 54.8 Å². The van der Waals surface area contributed by atoms with E-state index in [-0.39, 0.29) is 30.9 Å². The van der Waals surface area contributed by atoms with Crippen LogP contribution in [0.1, 0.15) is 73.4 Å². The first kappa shape index (κ1) is 33.2. The molecule has 0 N–H and O–H groups in total. The summed E-state index contributed by atoms with van der Waals surface area (Å²) in [6, 6.07) is 27.4. The van der Waals surface area contributed by atoms with Gasteiger partial charge < -0.3 is 9.40 Å². The SMILES string of the molecule is Cc1c[c-]c(-c2cc(C)c(C)cn2)cc1.Cc1ccc2c(n1)oc1c(-c3ccc4sc5c(c4n3)C(C)(C)CCC5(C)C)[c-]ccc12.[Ir]. The minimum absolute atomic E-state index is 0. The molecule has 0 saturated heterocycles. The molecule has 1 radical (unpaired) electrons. The van der Waals surface area contributed by atoms with Gasteiger partial charge in [-0.2, -0.15) is 0 Å². The molecule has 0 aliphatic heterocycles. The summed E-state index contributed by atoms with van der Waals surface area (Å²) in [6.07, 6.45) is 4.31. The molecule has 1 aliphatic rings. The van der Waals surface area contributed by atoms with E-state index in [9.17, 15) is 0 Å². The molecular formula is C41H39IrN3OS-2. The Labute approximate surface area is 295 Å². The van der Waals surface area contributed by atoms with Gasteiger partial charge in [-0.05, 0) is 85.2 Å². The largest absolute Gasteiger partial charge is 0.486 e. The molecule has 0 amide bonds. The summed E-state index contributed by atoms with van der Waals surface area (Å²) in [5.41, 5.74) is 12.9. The van der Waals surface area contributed by atoms with Crippen molar-refractivity contribution in [1.82, 2.24) is 15.0 Å². The van der Waals surface area contributed by atoms with E-state index in [1.165, 1.54) is 44.7 Å². The second-order valence-electron chi connectivity index (χ2n) is 14.1. The van der Waals surface area contributed by atoms with E-state index in [1.807, 2.05) is 42.7 Å². The zero-order valence-corrected chi connectivity index (χ0v) is 31.5. The van der Waals surface area contributed by atoms with Crippen molar-refractivity contribution < 1.29 is 24.5 Å². The maximum Gasteiger partial charge on any atom is 0.216 e. The van der Waals surface area contributed by atoms with Crippen LogP contribution in [-0.2, 0) is 30.9 Å². The molecule has 241 valence electrons. The normalized spacial score (nSPS) is 14.8. The minimum atomic E-state index is 0. The average molecular weight is 814 g/mol. The monoisotopic (exact) mass is 814 g/mol.